The van der Waals surface area contributed by atoms with Crippen LogP contribution in [0.15, 0.2) is 18.2 Å². The van der Waals surface area contributed by atoms with E-state index in [1.165, 1.54) is 37.3 Å². The van der Waals surface area contributed by atoms with Crippen molar-refractivity contribution in [3.05, 3.63) is 33.9 Å². The van der Waals surface area contributed by atoms with E-state index in [2.05, 4.69) is 0 Å². The Labute approximate surface area is 110 Å². The summed E-state index contributed by atoms with van der Waals surface area (Å²) in [5.74, 6) is -0.299. The highest BCUT2D eigenvalue weighted by atomic mass is 16.6. The zero-order valence-electron chi connectivity index (χ0n) is 11.0. The number of rotatable bonds is 5. The van der Waals surface area contributed by atoms with Crippen LogP contribution in [-0.2, 0) is 0 Å². The van der Waals surface area contributed by atoms with Gasteiger partial charge in [-0.05, 0) is 19.1 Å². The molecular formula is C12H16N2O5. The lowest BCUT2D eigenvalue weighted by atomic mass is 10.1. The molecule has 1 rings (SSSR count). The summed E-state index contributed by atoms with van der Waals surface area (Å²) < 4.78 is 4.86. The maximum absolute atomic E-state index is 12.1. The third kappa shape index (κ3) is 3.19. The molecule has 0 saturated heterocycles. The smallest absolute Gasteiger partial charge is 0.311 e. The van der Waals surface area contributed by atoms with Crippen molar-refractivity contribution < 1.29 is 19.6 Å². The van der Waals surface area contributed by atoms with Gasteiger partial charge < -0.3 is 14.7 Å². The Morgan fingerprint density at radius 1 is 1.58 bits per heavy atom. The molecular weight excluding hydrogens is 252 g/mol. The fraction of sp³-hybridized carbons (Fsp3) is 0.417. The van der Waals surface area contributed by atoms with Crippen molar-refractivity contribution in [2.75, 3.05) is 20.8 Å². The summed E-state index contributed by atoms with van der Waals surface area (Å²) in [5, 5.41) is 19.9. The van der Waals surface area contributed by atoms with Gasteiger partial charge in [-0.2, -0.15) is 0 Å². The second kappa shape index (κ2) is 6.14. The number of carbonyl (C=O) groups is 1. The molecule has 19 heavy (non-hydrogen) atoms. The van der Waals surface area contributed by atoms with Crippen LogP contribution in [0.4, 0.5) is 5.69 Å². The lowest BCUT2D eigenvalue weighted by molar-refractivity contribution is -0.385. The van der Waals surface area contributed by atoms with E-state index in [9.17, 15) is 14.9 Å². The van der Waals surface area contributed by atoms with Gasteiger partial charge in [-0.15, -0.1) is 0 Å². The molecule has 0 aliphatic heterocycles. The third-order valence-corrected chi connectivity index (χ3v) is 2.87. The van der Waals surface area contributed by atoms with Crippen LogP contribution in [-0.4, -0.2) is 47.6 Å². The molecule has 0 bridgehead atoms. The third-order valence-electron chi connectivity index (χ3n) is 2.87. The zero-order valence-corrected chi connectivity index (χ0v) is 11.0. The monoisotopic (exact) mass is 268 g/mol. The molecule has 104 valence electrons. The van der Waals surface area contributed by atoms with Crippen LogP contribution in [0.2, 0.25) is 0 Å². The number of nitrogens with zero attached hydrogens (tertiary/aromatic N) is 2. The molecule has 0 saturated carbocycles. The predicted octanol–water partition coefficient (Wildman–Crippen LogP) is 1.06. The highest BCUT2D eigenvalue weighted by Crippen LogP contribution is 2.28. The number of benzene rings is 1. The van der Waals surface area contributed by atoms with Gasteiger partial charge in [0.05, 0.1) is 24.7 Å². The van der Waals surface area contributed by atoms with Crippen molar-refractivity contribution in [2.24, 2.45) is 0 Å². The Hall–Kier alpha value is -2.15. The average Bonchev–Trinajstić information content (AvgIpc) is 2.43. The quantitative estimate of drug-likeness (QED) is 0.636. The maximum Gasteiger partial charge on any atom is 0.311 e. The van der Waals surface area contributed by atoms with E-state index < -0.39 is 10.8 Å². The molecule has 0 aliphatic rings. The largest absolute Gasteiger partial charge is 0.490 e. The molecule has 0 fully saturated rings. The molecule has 1 aromatic carbocycles. The minimum absolute atomic E-state index is 0.0967. The van der Waals surface area contributed by atoms with Crippen LogP contribution in [0.25, 0.3) is 0 Å². The Morgan fingerprint density at radius 3 is 2.68 bits per heavy atom. The summed E-state index contributed by atoms with van der Waals surface area (Å²) in [6, 6.07) is 3.63. The van der Waals surface area contributed by atoms with E-state index in [0.29, 0.717) is 0 Å². The van der Waals surface area contributed by atoms with Gasteiger partial charge >= 0.3 is 5.69 Å². The molecule has 1 amide bonds. The van der Waals surface area contributed by atoms with Gasteiger partial charge in [0.15, 0.2) is 5.75 Å². The lowest BCUT2D eigenvalue weighted by Gasteiger charge is -2.23. The van der Waals surface area contributed by atoms with Crippen molar-refractivity contribution >= 4 is 11.6 Å². The number of nitro groups is 1. The first kappa shape index (κ1) is 14.9. The number of carbonyl (C=O) groups excluding carboxylic acids is 1. The molecule has 0 aliphatic carbocycles. The summed E-state index contributed by atoms with van der Waals surface area (Å²) in [6.07, 6.45) is 0. The second-order valence-electron chi connectivity index (χ2n) is 4.09. The van der Waals surface area contributed by atoms with Gasteiger partial charge in [0.2, 0.25) is 0 Å². The number of ether oxygens (including phenoxy) is 1. The van der Waals surface area contributed by atoms with E-state index in [1.807, 2.05) is 0 Å². The summed E-state index contributed by atoms with van der Waals surface area (Å²) >= 11 is 0. The minimum Gasteiger partial charge on any atom is -0.490 e. The fourth-order valence-corrected chi connectivity index (χ4v) is 1.49. The summed E-state index contributed by atoms with van der Waals surface area (Å²) in [7, 11) is 2.85. The SMILES string of the molecule is COc1ccc(C(=O)N(C)C(C)CO)cc1[N+](=O)[O-]. The van der Waals surface area contributed by atoms with E-state index >= 15 is 0 Å². The lowest BCUT2D eigenvalue weighted by Crippen LogP contribution is -2.37. The fourth-order valence-electron chi connectivity index (χ4n) is 1.49. The molecule has 0 heterocycles. The molecule has 0 spiro atoms. The first-order chi connectivity index (χ1) is 8.92. The van der Waals surface area contributed by atoms with E-state index in [0.717, 1.165) is 0 Å². The van der Waals surface area contributed by atoms with E-state index in [4.69, 9.17) is 9.84 Å². The van der Waals surface area contributed by atoms with Crippen LogP contribution in [0.3, 0.4) is 0 Å². The van der Waals surface area contributed by atoms with Gasteiger partial charge in [-0.1, -0.05) is 0 Å². The van der Waals surface area contributed by atoms with Gasteiger partial charge in [-0.25, -0.2) is 0 Å². The summed E-state index contributed by atoms with van der Waals surface area (Å²) in [6.45, 7) is 1.50. The van der Waals surface area contributed by atoms with Crippen LogP contribution < -0.4 is 4.74 Å². The van der Waals surface area contributed by atoms with E-state index in [1.54, 1.807) is 6.92 Å². The highest BCUT2D eigenvalue weighted by molar-refractivity contribution is 5.95. The normalized spacial score (nSPS) is 11.8. The number of amides is 1. The number of hydrogen-bond donors (Lipinski definition) is 1. The molecule has 0 radical (unpaired) electrons. The van der Waals surface area contributed by atoms with Crippen LogP contribution in [0, 0.1) is 10.1 Å². The Balaban J connectivity index is 3.12. The Bertz CT molecular complexity index is 489. The van der Waals surface area contributed by atoms with E-state index in [-0.39, 0.29) is 29.6 Å². The number of likely N-dealkylation sites (N-methyl/N-ethyl adjacent to an activating group) is 1. The number of aliphatic hydroxyl groups is 1. The topological polar surface area (TPSA) is 92.9 Å². The highest BCUT2D eigenvalue weighted by Gasteiger charge is 2.22. The Kier molecular flexibility index (Phi) is 4.82. The number of methoxy groups -OCH3 is 1. The minimum atomic E-state index is -0.606. The van der Waals surface area contributed by atoms with Gasteiger partial charge in [-0.3, -0.25) is 14.9 Å². The summed E-state index contributed by atoms with van der Waals surface area (Å²) in [4.78, 5) is 23.7. The van der Waals surface area contributed by atoms with Crippen LogP contribution >= 0.6 is 0 Å². The Morgan fingerprint density at radius 2 is 2.21 bits per heavy atom. The van der Waals surface area contributed by atoms with Crippen molar-refractivity contribution in [1.29, 1.82) is 0 Å². The number of nitro benzene ring substituents is 1. The zero-order chi connectivity index (χ0) is 14.6. The molecule has 0 aromatic heterocycles. The molecule has 1 aromatic rings. The predicted molar refractivity (Wildman–Crippen MR) is 68.3 cm³/mol. The summed E-state index contributed by atoms with van der Waals surface area (Å²) in [5.41, 5.74) is -0.0892. The van der Waals surface area contributed by atoms with Gasteiger partial charge in [0.1, 0.15) is 0 Å². The van der Waals surface area contributed by atoms with Crippen molar-refractivity contribution in [3.63, 3.8) is 0 Å². The average molecular weight is 268 g/mol. The first-order valence-electron chi connectivity index (χ1n) is 5.62. The number of aliphatic hydroxyl groups excluding tert-OH is 1. The van der Waals surface area contributed by atoms with Gasteiger partial charge in [0.25, 0.3) is 5.91 Å². The molecule has 7 heteroatoms. The molecule has 1 unspecified atom stereocenters. The van der Waals surface area contributed by atoms with Crippen molar-refractivity contribution in [1.82, 2.24) is 4.90 Å². The van der Waals surface area contributed by atoms with Crippen LogP contribution in [0.1, 0.15) is 17.3 Å². The molecule has 1 N–H and O–H groups in total. The first-order valence-corrected chi connectivity index (χ1v) is 5.62. The second-order valence-corrected chi connectivity index (χ2v) is 4.09. The molecule has 7 nitrogen and oxygen atoms in total. The maximum atomic E-state index is 12.1. The number of hydrogen-bond acceptors (Lipinski definition) is 5. The van der Waals surface area contributed by atoms with Crippen molar-refractivity contribution in [2.45, 2.75) is 13.0 Å². The van der Waals surface area contributed by atoms with Crippen LogP contribution in [0.5, 0.6) is 5.75 Å². The van der Waals surface area contributed by atoms with Gasteiger partial charge in [0, 0.05) is 18.7 Å². The van der Waals surface area contributed by atoms with Crippen molar-refractivity contribution in [3.8, 4) is 5.75 Å². The standard InChI is InChI=1S/C12H16N2O5/c1-8(7-15)13(2)12(16)9-4-5-11(19-3)10(6-9)14(17)18/h4-6,8,15H,7H2,1-3H3. The molecule has 1 atom stereocenters.